The lowest BCUT2D eigenvalue weighted by molar-refractivity contribution is -0.137. The lowest BCUT2D eigenvalue weighted by atomic mass is 10.1. The molecule has 0 amide bonds. The number of halogens is 5. The maximum absolute atomic E-state index is 12.8. The summed E-state index contributed by atoms with van der Waals surface area (Å²) in [5.74, 6) is 0.528. The Bertz CT molecular complexity index is 683. The van der Waals surface area contributed by atoms with Crippen molar-refractivity contribution < 1.29 is 17.9 Å². The number of alkyl halides is 5. The molecule has 0 spiro atoms. The van der Waals surface area contributed by atoms with Gasteiger partial charge in [0.1, 0.15) is 0 Å². The van der Waals surface area contributed by atoms with Gasteiger partial charge < -0.3 is 9.72 Å². The molecule has 0 aliphatic heterocycles. The largest absolute Gasteiger partial charge is 0.416 e. The van der Waals surface area contributed by atoms with Crippen molar-refractivity contribution in [3.8, 4) is 0 Å². The van der Waals surface area contributed by atoms with E-state index in [1.54, 1.807) is 12.4 Å². The number of H-pyrrole nitrogens is 1. The molecule has 2 rings (SSSR count). The molecule has 1 N–H and O–H groups in total. The van der Waals surface area contributed by atoms with Gasteiger partial charge in [-0.1, -0.05) is 31.8 Å². The lowest BCUT2D eigenvalue weighted by Gasteiger charge is -2.30. The maximum atomic E-state index is 12.8. The first-order valence-corrected chi connectivity index (χ1v) is 12.9. The van der Waals surface area contributed by atoms with Gasteiger partial charge in [-0.15, -0.1) is 0 Å². The van der Waals surface area contributed by atoms with Gasteiger partial charge in [-0.05, 0) is 55.6 Å². The van der Waals surface area contributed by atoms with Gasteiger partial charge in [0.15, 0.2) is 5.82 Å². The minimum absolute atomic E-state index is 0.377. The highest BCUT2D eigenvalue weighted by molar-refractivity contribution is 9.24. The third-order valence-electron chi connectivity index (χ3n) is 3.47. The van der Waals surface area contributed by atoms with E-state index in [9.17, 15) is 13.2 Å². The molecule has 0 radical (unpaired) electrons. The van der Waals surface area contributed by atoms with Crippen LogP contribution < -0.4 is 0 Å². The first kappa shape index (κ1) is 20.7. The Hall–Kier alpha value is -0.643. The Balaban J connectivity index is 2.30. The molecule has 1 atom stereocenters. The Morgan fingerprint density at radius 3 is 2.20 bits per heavy atom. The van der Waals surface area contributed by atoms with Gasteiger partial charge >= 0.3 is 6.18 Å². The smallest absolute Gasteiger partial charge is 0.345 e. The topological polar surface area (TPSA) is 37.9 Å². The summed E-state index contributed by atoms with van der Waals surface area (Å²) >= 11 is 6.91. The minimum atomic E-state index is -4.35. The molecule has 1 aromatic carbocycles. The van der Waals surface area contributed by atoms with Crippen LogP contribution in [0.1, 0.15) is 23.1 Å². The van der Waals surface area contributed by atoms with Crippen molar-refractivity contribution in [3.63, 3.8) is 0 Å². The van der Waals surface area contributed by atoms with Gasteiger partial charge in [0.05, 0.1) is 11.7 Å². The summed E-state index contributed by atoms with van der Waals surface area (Å²) in [7, 11) is -1.56. The molecule has 0 aliphatic rings. The summed E-state index contributed by atoms with van der Waals surface area (Å²) in [5.41, 5.74) is 0.0308. The van der Waals surface area contributed by atoms with Gasteiger partial charge in [0.2, 0.25) is 3.42 Å². The van der Waals surface area contributed by atoms with Crippen molar-refractivity contribution in [2.24, 2.45) is 0 Å². The predicted molar refractivity (Wildman–Crippen MR) is 102 cm³/mol. The molecule has 2 aromatic rings. The average Bonchev–Trinajstić information content (AvgIpc) is 2.99. The molecular formula is C16H19Br2F3N2OSi. The average molecular weight is 500 g/mol. The van der Waals surface area contributed by atoms with Crippen LogP contribution in [0, 0.1) is 0 Å². The molecule has 0 bridgehead atoms. The number of hydrogen-bond acceptors (Lipinski definition) is 2. The van der Waals surface area contributed by atoms with E-state index < -0.39 is 23.2 Å². The Morgan fingerprint density at radius 2 is 1.76 bits per heavy atom. The van der Waals surface area contributed by atoms with Crippen LogP contribution in [-0.4, -0.2) is 18.0 Å². The number of aromatic nitrogens is 2. The minimum Gasteiger partial charge on any atom is -0.345 e. The van der Waals surface area contributed by atoms with Gasteiger partial charge in [-0.3, -0.25) is 0 Å². The Labute approximate surface area is 162 Å². The zero-order valence-electron chi connectivity index (χ0n) is 14.0. The predicted octanol–water partition coefficient (Wildman–Crippen LogP) is 6.42. The Morgan fingerprint density at radius 1 is 1.16 bits per heavy atom. The zero-order valence-corrected chi connectivity index (χ0v) is 18.2. The van der Waals surface area contributed by atoms with Crippen LogP contribution in [0.2, 0.25) is 25.7 Å². The summed E-state index contributed by atoms with van der Waals surface area (Å²) < 4.78 is 43.5. The van der Waals surface area contributed by atoms with E-state index in [1.807, 2.05) is 0 Å². The van der Waals surface area contributed by atoms with E-state index in [4.69, 9.17) is 4.74 Å². The number of imidazole rings is 1. The highest BCUT2D eigenvalue weighted by Crippen LogP contribution is 2.44. The van der Waals surface area contributed by atoms with Crippen LogP contribution in [0.15, 0.2) is 36.7 Å². The highest BCUT2D eigenvalue weighted by Gasteiger charge is 2.36. The molecule has 138 valence electrons. The second-order valence-electron chi connectivity index (χ2n) is 6.95. The first-order chi connectivity index (χ1) is 11.4. The van der Waals surface area contributed by atoms with Crippen LogP contribution in [-0.2, 0) is 14.3 Å². The molecule has 3 nitrogen and oxygen atoms in total. The molecule has 25 heavy (non-hydrogen) atoms. The SMILES string of the molecule is C[Si](C)(C)CC(OC(Br)(Br)c1ncc[nH]1)c1ccc(C(F)(F)F)cc1. The second kappa shape index (κ2) is 7.54. The van der Waals surface area contributed by atoms with E-state index >= 15 is 0 Å². The van der Waals surface area contributed by atoms with Crippen molar-refractivity contribution in [1.82, 2.24) is 9.97 Å². The number of rotatable bonds is 6. The van der Waals surface area contributed by atoms with E-state index in [1.165, 1.54) is 12.1 Å². The molecule has 9 heteroatoms. The van der Waals surface area contributed by atoms with E-state index in [0.29, 0.717) is 11.4 Å². The van der Waals surface area contributed by atoms with Crippen LogP contribution in [0.3, 0.4) is 0 Å². The van der Waals surface area contributed by atoms with Gasteiger partial charge in [0.25, 0.3) is 0 Å². The third-order valence-corrected chi connectivity index (χ3v) is 6.19. The summed E-state index contributed by atoms with van der Waals surface area (Å²) in [6, 6.07) is 5.88. The summed E-state index contributed by atoms with van der Waals surface area (Å²) in [6.45, 7) is 6.55. The number of aromatic amines is 1. The van der Waals surface area contributed by atoms with Gasteiger partial charge in [0, 0.05) is 20.5 Å². The van der Waals surface area contributed by atoms with Crippen molar-refractivity contribution in [2.45, 2.75) is 41.4 Å². The van der Waals surface area contributed by atoms with Gasteiger partial charge in [-0.2, -0.15) is 13.2 Å². The molecule has 0 aliphatic carbocycles. The van der Waals surface area contributed by atoms with Gasteiger partial charge in [-0.25, -0.2) is 4.98 Å². The van der Waals surface area contributed by atoms with Crippen LogP contribution in [0.25, 0.3) is 0 Å². The fraction of sp³-hybridized carbons (Fsp3) is 0.438. The van der Waals surface area contributed by atoms with Crippen LogP contribution in [0.4, 0.5) is 13.2 Å². The molecule has 0 saturated heterocycles. The highest BCUT2D eigenvalue weighted by atomic mass is 79.9. The molecule has 1 aromatic heterocycles. The fourth-order valence-corrected chi connectivity index (χ4v) is 4.65. The molecule has 0 fully saturated rings. The molecule has 0 saturated carbocycles. The van der Waals surface area contributed by atoms with Crippen LogP contribution in [0.5, 0.6) is 0 Å². The first-order valence-electron chi connectivity index (χ1n) is 7.61. The zero-order chi connectivity index (χ0) is 18.9. The fourth-order valence-electron chi connectivity index (χ4n) is 2.33. The number of ether oxygens (including phenoxy) is 1. The van der Waals surface area contributed by atoms with Crippen molar-refractivity contribution in [2.75, 3.05) is 0 Å². The number of nitrogens with zero attached hydrogens (tertiary/aromatic N) is 1. The molecular weight excluding hydrogens is 481 g/mol. The lowest BCUT2D eigenvalue weighted by Crippen LogP contribution is -2.28. The van der Waals surface area contributed by atoms with Crippen molar-refractivity contribution >= 4 is 39.9 Å². The Kier molecular flexibility index (Phi) is 6.23. The second-order valence-corrected chi connectivity index (χ2v) is 15.8. The third kappa shape index (κ3) is 5.94. The standard InChI is InChI=1S/C16H19Br2F3N2OSi/c1-25(2,3)10-13(24-15(17,18)14-22-8-9-23-14)11-4-6-12(7-5-11)16(19,20)21/h4-9,13H,10H2,1-3H3,(H,22,23). The number of hydrogen-bond donors (Lipinski definition) is 1. The summed E-state index contributed by atoms with van der Waals surface area (Å²) in [4.78, 5) is 7.12. The molecule has 1 unspecified atom stereocenters. The quantitative estimate of drug-likeness (QED) is 0.367. The maximum Gasteiger partial charge on any atom is 0.416 e. The van der Waals surface area contributed by atoms with Crippen molar-refractivity contribution in [1.29, 1.82) is 0 Å². The normalized spacial score (nSPS) is 14.6. The summed E-state index contributed by atoms with van der Waals surface area (Å²) in [6.07, 6.45) is -1.46. The molecule has 1 heterocycles. The van der Waals surface area contributed by atoms with Crippen LogP contribution >= 0.6 is 31.9 Å². The van der Waals surface area contributed by atoms with E-state index in [2.05, 4.69) is 61.5 Å². The van der Waals surface area contributed by atoms with E-state index in [-0.39, 0.29) is 6.10 Å². The number of benzene rings is 1. The monoisotopic (exact) mass is 498 g/mol. The summed E-state index contributed by atoms with van der Waals surface area (Å²) in [5, 5.41) is 0. The van der Waals surface area contributed by atoms with E-state index in [0.717, 1.165) is 18.2 Å². The van der Waals surface area contributed by atoms with Crippen molar-refractivity contribution in [3.05, 3.63) is 53.6 Å². The number of nitrogens with one attached hydrogen (secondary N) is 1.